The van der Waals surface area contributed by atoms with Gasteiger partial charge in [0.2, 0.25) is 0 Å². The smallest absolute Gasteiger partial charge is 0.138 e. The fourth-order valence-electron chi connectivity index (χ4n) is 3.43. The molecule has 0 saturated carbocycles. The molecule has 0 aliphatic carbocycles. The van der Waals surface area contributed by atoms with Gasteiger partial charge in [0, 0.05) is 11.3 Å². The first-order valence-electron chi connectivity index (χ1n) is 11.3. The van der Waals surface area contributed by atoms with Gasteiger partial charge in [-0.05, 0) is 48.9 Å². The molecule has 0 bridgehead atoms. The second-order valence-corrected chi connectivity index (χ2v) is 8.44. The van der Waals surface area contributed by atoms with E-state index in [9.17, 15) is 0 Å². The van der Waals surface area contributed by atoms with Gasteiger partial charge in [-0.2, -0.15) is 0 Å². The van der Waals surface area contributed by atoms with Gasteiger partial charge in [-0.15, -0.1) is 11.6 Å². The molecule has 0 aromatic heterocycles. The Labute approximate surface area is 186 Å². The number of benzene rings is 2. The summed E-state index contributed by atoms with van der Waals surface area (Å²) in [7, 11) is 0. The Bertz CT molecular complexity index is 703. The van der Waals surface area contributed by atoms with E-state index in [2.05, 4.69) is 19.1 Å². The van der Waals surface area contributed by atoms with Crippen LogP contribution in [0.25, 0.3) is 10.8 Å². The van der Waals surface area contributed by atoms with Crippen molar-refractivity contribution in [3.8, 4) is 11.5 Å². The molecule has 2 nitrogen and oxygen atoms in total. The van der Waals surface area contributed by atoms with Crippen LogP contribution in [-0.4, -0.2) is 19.1 Å². The van der Waals surface area contributed by atoms with Crippen molar-refractivity contribution in [1.29, 1.82) is 0 Å². The summed E-state index contributed by atoms with van der Waals surface area (Å²) in [5.74, 6) is 2.45. The molecule has 0 saturated heterocycles. The Balaban J connectivity index is 1.77. The summed E-state index contributed by atoms with van der Waals surface area (Å²) in [6.45, 7) is 3.72. The van der Waals surface area contributed by atoms with E-state index < -0.39 is 0 Å². The van der Waals surface area contributed by atoms with E-state index in [4.69, 9.17) is 32.7 Å². The van der Waals surface area contributed by atoms with Crippen LogP contribution in [0, 0.1) is 0 Å². The summed E-state index contributed by atoms with van der Waals surface area (Å²) in [5.41, 5.74) is 0. The summed E-state index contributed by atoms with van der Waals surface area (Å²) < 4.78 is 11.8. The highest BCUT2D eigenvalue weighted by atomic mass is 35.5. The van der Waals surface area contributed by atoms with Crippen molar-refractivity contribution in [3.63, 3.8) is 0 Å². The lowest BCUT2D eigenvalue weighted by atomic mass is 10.1. The van der Waals surface area contributed by atoms with E-state index >= 15 is 0 Å². The molecule has 4 heteroatoms. The Morgan fingerprint density at radius 3 is 2.10 bits per heavy atom. The van der Waals surface area contributed by atoms with Crippen LogP contribution in [0.4, 0.5) is 0 Å². The zero-order valence-corrected chi connectivity index (χ0v) is 19.4. The fourth-order valence-corrected chi connectivity index (χ4v) is 3.91. The Hall–Kier alpha value is -1.12. The van der Waals surface area contributed by atoms with E-state index in [1.165, 1.54) is 51.4 Å². The van der Waals surface area contributed by atoms with Gasteiger partial charge in [0.15, 0.2) is 0 Å². The molecule has 0 spiro atoms. The van der Waals surface area contributed by atoms with Gasteiger partial charge in [-0.3, -0.25) is 0 Å². The highest BCUT2D eigenvalue weighted by Crippen LogP contribution is 2.34. The predicted octanol–water partition coefficient (Wildman–Crippen LogP) is 8.80. The van der Waals surface area contributed by atoms with Crippen molar-refractivity contribution in [2.75, 3.05) is 19.1 Å². The topological polar surface area (TPSA) is 18.5 Å². The number of hydrogen-bond donors (Lipinski definition) is 0. The first kappa shape index (κ1) is 24.2. The van der Waals surface area contributed by atoms with Crippen LogP contribution < -0.4 is 9.47 Å². The molecule has 29 heavy (non-hydrogen) atoms. The molecule has 0 amide bonds. The van der Waals surface area contributed by atoms with E-state index in [-0.39, 0.29) is 0 Å². The minimum Gasteiger partial charge on any atom is -0.494 e. The molecule has 2 rings (SSSR count). The maximum absolute atomic E-state index is 6.59. The van der Waals surface area contributed by atoms with E-state index in [0.29, 0.717) is 11.6 Å². The SMILES string of the molecule is CCCCCCCOc1ccc2c(Cl)c(OCCCCCCCCCl)ccc2c1. The van der Waals surface area contributed by atoms with Crippen LogP contribution in [0.1, 0.15) is 77.6 Å². The van der Waals surface area contributed by atoms with Crippen molar-refractivity contribution in [2.45, 2.75) is 77.6 Å². The average Bonchev–Trinajstić information content (AvgIpc) is 2.74. The third-order valence-corrected chi connectivity index (χ3v) is 5.85. The Morgan fingerprint density at radius 1 is 0.724 bits per heavy atom. The number of halogens is 2. The van der Waals surface area contributed by atoms with Crippen molar-refractivity contribution in [3.05, 3.63) is 35.4 Å². The largest absolute Gasteiger partial charge is 0.494 e. The molecule has 0 heterocycles. The predicted molar refractivity (Wildman–Crippen MR) is 127 cm³/mol. The first-order chi connectivity index (χ1) is 14.3. The molecular formula is C25H36Cl2O2. The number of hydrogen-bond acceptors (Lipinski definition) is 2. The highest BCUT2D eigenvalue weighted by molar-refractivity contribution is 6.37. The van der Waals surface area contributed by atoms with Gasteiger partial charge < -0.3 is 9.47 Å². The lowest BCUT2D eigenvalue weighted by Crippen LogP contribution is -1.99. The summed E-state index contributed by atoms with van der Waals surface area (Å²) in [6.07, 6.45) is 13.3. The second kappa shape index (κ2) is 14.8. The monoisotopic (exact) mass is 438 g/mol. The van der Waals surface area contributed by atoms with Crippen molar-refractivity contribution in [1.82, 2.24) is 0 Å². The molecule has 0 atom stereocenters. The zero-order valence-electron chi connectivity index (χ0n) is 17.9. The van der Waals surface area contributed by atoms with Crippen LogP contribution in [0.15, 0.2) is 30.3 Å². The van der Waals surface area contributed by atoms with E-state index in [1.54, 1.807) is 0 Å². The standard InChI is InChI=1S/C25H36Cl2O2/c1-2-3-4-8-11-18-28-22-14-15-23-21(20-22)13-16-24(25(23)27)29-19-12-9-6-5-7-10-17-26/h13-16,20H,2-12,17-19H2,1H3. The van der Waals surface area contributed by atoms with Gasteiger partial charge in [0.1, 0.15) is 11.5 Å². The molecule has 0 radical (unpaired) electrons. The fraction of sp³-hybridized carbons (Fsp3) is 0.600. The normalized spacial score (nSPS) is 11.1. The molecule has 0 fully saturated rings. The van der Waals surface area contributed by atoms with Gasteiger partial charge in [-0.25, -0.2) is 0 Å². The molecule has 0 unspecified atom stereocenters. The van der Waals surface area contributed by atoms with Crippen LogP contribution in [0.5, 0.6) is 11.5 Å². The number of alkyl halides is 1. The van der Waals surface area contributed by atoms with E-state index in [1.807, 2.05) is 18.2 Å². The average molecular weight is 439 g/mol. The van der Waals surface area contributed by atoms with Gasteiger partial charge >= 0.3 is 0 Å². The van der Waals surface area contributed by atoms with Crippen molar-refractivity contribution in [2.24, 2.45) is 0 Å². The van der Waals surface area contributed by atoms with Crippen LogP contribution >= 0.6 is 23.2 Å². The maximum Gasteiger partial charge on any atom is 0.138 e. The van der Waals surface area contributed by atoms with Crippen molar-refractivity contribution >= 4 is 34.0 Å². The summed E-state index contributed by atoms with van der Waals surface area (Å²) in [6, 6.07) is 10.1. The number of rotatable bonds is 16. The summed E-state index contributed by atoms with van der Waals surface area (Å²) in [4.78, 5) is 0. The number of fused-ring (bicyclic) bond motifs is 1. The van der Waals surface area contributed by atoms with Gasteiger partial charge in [0.05, 0.1) is 18.2 Å². The highest BCUT2D eigenvalue weighted by Gasteiger charge is 2.08. The molecule has 0 N–H and O–H groups in total. The van der Waals surface area contributed by atoms with Crippen LogP contribution in [0.3, 0.4) is 0 Å². The summed E-state index contributed by atoms with van der Waals surface area (Å²) in [5, 5.41) is 2.79. The van der Waals surface area contributed by atoms with E-state index in [0.717, 1.165) is 54.0 Å². The minimum absolute atomic E-state index is 0.690. The van der Waals surface area contributed by atoms with Crippen LogP contribution in [0.2, 0.25) is 5.02 Å². The number of ether oxygens (including phenoxy) is 2. The third kappa shape index (κ3) is 9.05. The lowest BCUT2D eigenvalue weighted by molar-refractivity contribution is 0.304. The molecule has 162 valence electrons. The quantitative estimate of drug-likeness (QED) is 0.192. The number of unbranched alkanes of at least 4 members (excludes halogenated alkanes) is 9. The molecule has 0 aliphatic rings. The minimum atomic E-state index is 0.690. The van der Waals surface area contributed by atoms with Crippen LogP contribution in [-0.2, 0) is 0 Å². The zero-order chi connectivity index (χ0) is 20.7. The Morgan fingerprint density at radius 2 is 1.38 bits per heavy atom. The summed E-state index contributed by atoms with van der Waals surface area (Å²) >= 11 is 12.3. The third-order valence-electron chi connectivity index (χ3n) is 5.19. The maximum atomic E-state index is 6.59. The molecule has 0 aliphatic heterocycles. The lowest BCUT2D eigenvalue weighted by Gasteiger charge is -2.12. The van der Waals surface area contributed by atoms with Gasteiger partial charge in [0.25, 0.3) is 0 Å². The van der Waals surface area contributed by atoms with Crippen molar-refractivity contribution < 1.29 is 9.47 Å². The van der Waals surface area contributed by atoms with Gasteiger partial charge in [-0.1, -0.05) is 76.0 Å². The first-order valence-corrected chi connectivity index (χ1v) is 12.2. The molecule has 2 aromatic rings. The Kier molecular flexibility index (Phi) is 12.3. The molecule has 2 aromatic carbocycles. The molecular weight excluding hydrogens is 403 g/mol. The second-order valence-electron chi connectivity index (χ2n) is 7.68.